The Bertz CT molecular complexity index is 564. The Kier molecular flexibility index (Phi) is 5.29. The standard InChI is InChI=1S/C16H21ClN2O3/c1-10-6-13(15(20)21)9-19(8-10)16(22)18-11(2)12-4-3-5-14(17)7-12/h3-5,7,10-11,13H,6,8-9H2,1-2H3,(H,18,22)(H,20,21). The third-order valence-corrected chi connectivity index (χ3v) is 4.22. The van der Waals surface area contributed by atoms with E-state index in [1.54, 1.807) is 11.0 Å². The number of hydrogen-bond acceptors (Lipinski definition) is 2. The molecule has 2 N–H and O–H groups in total. The number of urea groups is 1. The molecule has 1 heterocycles. The van der Waals surface area contributed by atoms with E-state index in [-0.39, 0.29) is 24.5 Å². The highest BCUT2D eigenvalue weighted by atomic mass is 35.5. The van der Waals surface area contributed by atoms with Crippen LogP contribution in [0.25, 0.3) is 0 Å². The Morgan fingerprint density at radius 1 is 1.41 bits per heavy atom. The summed E-state index contributed by atoms with van der Waals surface area (Å²) in [4.78, 5) is 25.1. The molecule has 0 aromatic heterocycles. The Balaban J connectivity index is 2.00. The molecule has 1 aliphatic heterocycles. The summed E-state index contributed by atoms with van der Waals surface area (Å²) < 4.78 is 0. The minimum atomic E-state index is -0.841. The van der Waals surface area contributed by atoms with Crippen LogP contribution in [0.5, 0.6) is 0 Å². The molecule has 1 fully saturated rings. The van der Waals surface area contributed by atoms with E-state index in [0.717, 1.165) is 5.56 Å². The largest absolute Gasteiger partial charge is 0.481 e. The molecule has 1 aromatic rings. The molecule has 0 radical (unpaired) electrons. The van der Waals surface area contributed by atoms with Crippen LogP contribution in [0.15, 0.2) is 24.3 Å². The number of nitrogens with zero attached hydrogens (tertiary/aromatic N) is 1. The molecule has 3 atom stereocenters. The van der Waals surface area contributed by atoms with Crippen molar-refractivity contribution < 1.29 is 14.7 Å². The lowest BCUT2D eigenvalue weighted by Gasteiger charge is -2.35. The van der Waals surface area contributed by atoms with Crippen LogP contribution < -0.4 is 5.32 Å². The van der Waals surface area contributed by atoms with Crippen molar-refractivity contribution in [1.82, 2.24) is 10.2 Å². The third-order valence-electron chi connectivity index (χ3n) is 3.98. The zero-order valence-electron chi connectivity index (χ0n) is 12.8. The fourth-order valence-electron chi connectivity index (χ4n) is 2.83. The molecule has 3 unspecified atom stereocenters. The minimum Gasteiger partial charge on any atom is -0.481 e. The number of halogens is 1. The molecule has 0 bridgehead atoms. The Hall–Kier alpha value is -1.75. The second kappa shape index (κ2) is 7.01. The normalized spacial score (nSPS) is 23.0. The van der Waals surface area contributed by atoms with Crippen LogP contribution in [-0.4, -0.2) is 35.1 Å². The van der Waals surface area contributed by atoms with Crippen LogP contribution in [0.1, 0.15) is 31.9 Å². The van der Waals surface area contributed by atoms with Crippen LogP contribution >= 0.6 is 11.6 Å². The molecule has 0 spiro atoms. The number of benzene rings is 1. The van der Waals surface area contributed by atoms with Gasteiger partial charge in [0.15, 0.2) is 0 Å². The number of carbonyl (C=O) groups is 2. The van der Waals surface area contributed by atoms with Crippen molar-refractivity contribution in [1.29, 1.82) is 0 Å². The number of piperidine rings is 1. The molecule has 120 valence electrons. The molecule has 2 rings (SSSR count). The molecule has 0 saturated carbocycles. The van der Waals surface area contributed by atoms with Crippen LogP contribution in [0.3, 0.4) is 0 Å². The van der Waals surface area contributed by atoms with E-state index in [9.17, 15) is 14.7 Å². The molecule has 0 aliphatic carbocycles. The number of nitrogens with one attached hydrogen (secondary N) is 1. The van der Waals surface area contributed by atoms with E-state index in [4.69, 9.17) is 11.6 Å². The summed E-state index contributed by atoms with van der Waals surface area (Å²) in [5.41, 5.74) is 0.917. The lowest BCUT2D eigenvalue weighted by Crippen LogP contribution is -2.49. The summed E-state index contributed by atoms with van der Waals surface area (Å²) >= 11 is 5.96. The van der Waals surface area contributed by atoms with Crippen LogP contribution in [0.4, 0.5) is 4.79 Å². The zero-order valence-corrected chi connectivity index (χ0v) is 13.5. The van der Waals surface area contributed by atoms with Gasteiger partial charge in [-0.1, -0.05) is 30.7 Å². The smallest absolute Gasteiger partial charge is 0.317 e. The van der Waals surface area contributed by atoms with E-state index < -0.39 is 11.9 Å². The average molecular weight is 325 g/mol. The van der Waals surface area contributed by atoms with Gasteiger partial charge >= 0.3 is 12.0 Å². The predicted molar refractivity (Wildman–Crippen MR) is 84.9 cm³/mol. The summed E-state index contributed by atoms with van der Waals surface area (Å²) in [5, 5.41) is 12.7. The summed E-state index contributed by atoms with van der Waals surface area (Å²) in [6.45, 7) is 4.69. The highest BCUT2D eigenvalue weighted by molar-refractivity contribution is 6.30. The van der Waals surface area contributed by atoms with E-state index in [1.165, 1.54) is 0 Å². The van der Waals surface area contributed by atoms with Gasteiger partial charge in [0.1, 0.15) is 0 Å². The average Bonchev–Trinajstić information content (AvgIpc) is 2.46. The van der Waals surface area contributed by atoms with Crippen molar-refractivity contribution in [3.8, 4) is 0 Å². The maximum absolute atomic E-state index is 12.4. The quantitative estimate of drug-likeness (QED) is 0.897. The summed E-state index contributed by atoms with van der Waals surface area (Å²) in [7, 11) is 0. The van der Waals surface area contributed by atoms with Gasteiger partial charge in [0.2, 0.25) is 0 Å². The van der Waals surface area contributed by atoms with Crippen molar-refractivity contribution in [3.05, 3.63) is 34.9 Å². The number of aliphatic carboxylic acids is 1. The molecule has 22 heavy (non-hydrogen) atoms. The first-order valence-electron chi connectivity index (χ1n) is 7.40. The SMILES string of the molecule is CC1CC(C(=O)O)CN(C(=O)NC(C)c2cccc(Cl)c2)C1. The molecule has 1 saturated heterocycles. The molecular weight excluding hydrogens is 304 g/mol. The Morgan fingerprint density at radius 2 is 2.14 bits per heavy atom. The zero-order chi connectivity index (χ0) is 16.3. The van der Waals surface area contributed by atoms with Crippen LogP contribution in [0.2, 0.25) is 5.02 Å². The first-order valence-corrected chi connectivity index (χ1v) is 7.78. The number of carbonyl (C=O) groups excluding carboxylic acids is 1. The maximum atomic E-state index is 12.4. The minimum absolute atomic E-state index is 0.182. The van der Waals surface area contributed by atoms with Crippen molar-refractivity contribution in [2.24, 2.45) is 11.8 Å². The molecule has 1 aromatic carbocycles. The number of likely N-dealkylation sites (tertiary alicyclic amines) is 1. The fraction of sp³-hybridized carbons (Fsp3) is 0.500. The highest BCUT2D eigenvalue weighted by Gasteiger charge is 2.32. The number of hydrogen-bond donors (Lipinski definition) is 2. The molecule has 5 nitrogen and oxygen atoms in total. The molecule has 1 aliphatic rings. The van der Waals surface area contributed by atoms with Gasteiger partial charge in [-0.2, -0.15) is 0 Å². The van der Waals surface area contributed by atoms with Gasteiger partial charge in [-0.3, -0.25) is 4.79 Å². The van der Waals surface area contributed by atoms with Crippen LogP contribution in [-0.2, 0) is 4.79 Å². The third kappa shape index (κ3) is 4.13. The van der Waals surface area contributed by atoms with Crippen molar-refractivity contribution >= 4 is 23.6 Å². The second-order valence-electron chi connectivity index (χ2n) is 6.01. The van der Waals surface area contributed by atoms with Gasteiger partial charge in [0.05, 0.1) is 12.0 Å². The second-order valence-corrected chi connectivity index (χ2v) is 6.44. The number of carboxylic acid groups (broad SMARTS) is 1. The van der Waals surface area contributed by atoms with E-state index >= 15 is 0 Å². The monoisotopic (exact) mass is 324 g/mol. The lowest BCUT2D eigenvalue weighted by molar-refractivity contribution is -0.143. The van der Waals surface area contributed by atoms with Gasteiger partial charge in [-0.05, 0) is 37.0 Å². The fourth-order valence-corrected chi connectivity index (χ4v) is 3.03. The van der Waals surface area contributed by atoms with Crippen molar-refractivity contribution in [3.63, 3.8) is 0 Å². The summed E-state index contributed by atoms with van der Waals surface area (Å²) in [6, 6.07) is 6.91. The van der Waals surface area contributed by atoms with Gasteiger partial charge in [0.25, 0.3) is 0 Å². The van der Waals surface area contributed by atoms with E-state index in [0.29, 0.717) is 18.0 Å². The van der Waals surface area contributed by atoms with Gasteiger partial charge in [-0.25, -0.2) is 4.79 Å². The van der Waals surface area contributed by atoms with Crippen LogP contribution in [0, 0.1) is 11.8 Å². The van der Waals surface area contributed by atoms with Gasteiger partial charge < -0.3 is 15.3 Å². The van der Waals surface area contributed by atoms with Crippen molar-refractivity contribution in [2.45, 2.75) is 26.3 Å². The maximum Gasteiger partial charge on any atom is 0.317 e. The first-order chi connectivity index (χ1) is 10.4. The summed E-state index contributed by atoms with van der Waals surface area (Å²) in [5.74, 6) is -1.15. The lowest BCUT2D eigenvalue weighted by atomic mass is 9.91. The van der Waals surface area contributed by atoms with E-state index in [2.05, 4.69) is 5.32 Å². The Morgan fingerprint density at radius 3 is 2.77 bits per heavy atom. The number of rotatable bonds is 3. The van der Waals surface area contributed by atoms with Crippen molar-refractivity contribution in [2.75, 3.05) is 13.1 Å². The molecule has 6 heteroatoms. The van der Waals surface area contributed by atoms with Gasteiger partial charge in [0, 0.05) is 18.1 Å². The first kappa shape index (κ1) is 16.6. The highest BCUT2D eigenvalue weighted by Crippen LogP contribution is 2.23. The van der Waals surface area contributed by atoms with E-state index in [1.807, 2.05) is 32.0 Å². The number of carboxylic acids is 1. The number of amides is 2. The Labute approximate surface area is 135 Å². The predicted octanol–water partition coefficient (Wildman–Crippen LogP) is 3.15. The molecule has 2 amide bonds. The topological polar surface area (TPSA) is 69.6 Å². The summed E-state index contributed by atoms with van der Waals surface area (Å²) in [6.07, 6.45) is 0.614. The van der Waals surface area contributed by atoms with Gasteiger partial charge in [-0.15, -0.1) is 0 Å². The molecular formula is C16H21ClN2O3.